The minimum Gasteiger partial charge on any atom is -0.352 e. The van der Waals surface area contributed by atoms with Crippen molar-refractivity contribution in [3.63, 3.8) is 0 Å². The van der Waals surface area contributed by atoms with Crippen LogP contribution in [-0.4, -0.2) is 28.3 Å². The third-order valence-electron chi connectivity index (χ3n) is 2.62. The number of H-pyrrole nitrogens is 1. The number of carbonyl (C=O) groups excluding carboxylic acids is 2. The Morgan fingerprint density at radius 1 is 1.45 bits per heavy atom. The average molecular weight is 318 g/mol. The second-order valence-electron chi connectivity index (χ2n) is 4.28. The highest BCUT2D eigenvalue weighted by Crippen LogP contribution is 2.16. The van der Waals surface area contributed by atoms with Gasteiger partial charge in [-0.05, 0) is 12.1 Å². The standard InChI is InChI=1S/C14H14N4O3S/c1-2-5-15-11(19)7-9-8-22-14(17-9)18-13(21)10-4-3-6-16-12(10)20/h2-4,6,8H,1,5,7H2,(H,15,19)(H,16,20)(H,17,18,21). The third kappa shape index (κ3) is 4.13. The number of hydrogen-bond acceptors (Lipinski definition) is 5. The number of nitrogens with one attached hydrogen (secondary N) is 3. The Hall–Kier alpha value is -2.74. The molecule has 0 saturated carbocycles. The lowest BCUT2D eigenvalue weighted by Gasteiger charge is -2.00. The number of anilines is 1. The second-order valence-corrected chi connectivity index (χ2v) is 5.14. The van der Waals surface area contributed by atoms with E-state index < -0.39 is 11.5 Å². The summed E-state index contributed by atoms with van der Waals surface area (Å²) >= 11 is 1.19. The molecule has 0 aliphatic heterocycles. The van der Waals surface area contributed by atoms with E-state index in [2.05, 4.69) is 27.2 Å². The molecule has 0 aliphatic rings. The SMILES string of the molecule is C=CCNC(=O)Cc1csc(NC(=O)c2ccc[nH]c2=O)n1. The number of thiazole rings is 1. The van der Waals surface area contributed by atoms with Crippen molar-refractivity contribution in [1.29, 1.82) is 0 Å². The first-order chi connectivity index (χ1) is 10.6. The lowest BCUT2D eigenvalue weighted by atomic mass is 10.2. The summed E-state index contributed by atoms with van der Waals surface area (Å²) in [6.07, 6.45) is 3.15. The van der Waals surface area contributed by atoms with Gasteiger partial charge in [-0.1, -0.05) is 6.08 Å². The van der Waals surface area contributed by atoms with Crippen molar-refractivity contribution in [2.75, 3.05) is 11.9 Å². The van der Waals surface area contributed by atoms with E-state index in [4.69, 9.17) is 0 Å². The Morgan fingerprint density at radius 3 is 3.00 bits per heavy atom. The first-order valence-corrected chi connectivity index (χ1v) is 7.29. The molecule has 0 saturated heterocycles. The van der Waals surface area contributed by atoms with Crippen molar-refractivity contribution in [1.82, 2.24) is 15.3 Å². The van der Waals surface area contributed by atoms with E-state index in [0.717, 1.165) is 0 Å². The summed E-state index contributed by atoms with van der Waals surface area (Å²) < 4.78 is 0. The second kappa shape index (κ2) is 7.32. The van der Waals surface area contributed by atoms with Gasteiger partial charge in [0.25, 0.3) is 11.5 Å². The van der Waals surface area contributed by atoms with Crippen LogP contribution in [0.4, 0.5) is 5.13 Å². The van der Waals surface area contributed by atoms with Crippen molar-refractivity contribution in [3.05, 3.63) is 58.0 Å². The molecule has 8 heteroatoms. The summed E-state index contributed by atoms with van der Waals surface area (Å²) in [5.41, 5.74) is 0.0763. The van der Waals surface area contributed by atoms with Crippen LogP contribution >= 0.6 is 11.3 Å². The Kier molecular flexibility index (Phi) is 5.21. The van der Waals surface area contributed by atoms with Gasteiger partial charge < -0.3 is 10.3 Å². The van der Waals surface area contributed by atoms with Gasteiger partial charge in [0, 0.05) is 18.1 Å². The third-order valence-corrected chi connectivity index (χ3v) is 3.43. The van der Waals surface area contributed by atoms with Crippen LogP contribution in [0, 0.1) is 0 Å². The number of rotatable bonds is 6. The van der Waals surface area contributed by atoms with Gasteiger partial charge in [0.05, 0.1) is 12.1 Å². The Morgan fingerprint density at radius 2 is 2.27 bits per heavy atom. The predicted molar refractivity (Wildman–Crippen MR) is 84.0 cm³/mol. The van der Waals surface area contributed by atoms with Gasteiger partial charge in [-0.25, -0.2) is 4.98 Å². The summed E-state index contributed by atoms with van der Waals surface area (Å²) in [7, 11) is 0. The zero-order valence-electron chi connectivity index (χ0n) is 11.6. The highest BCUT2D eigenvalue weighted by atomic mass is 32.1. The summed E-state index contributed by atoms with van der Waals surface area (Å²) in [5, 5.41) is 7.19. The molecule has 0 aromatic carbocycles. The number of nitrogens with zero attached hydrogens (tertiary/aromatic N) is 1. The molecule has 3 N–H and O–H groups in total. The lowest BCUT2D eigenvalue weighted by Crippen LogP contribution is -2.25. The molecule has 114 valence electrons. The van der Waals surface area contributed by atoms with Crippen LogP contribution in [0.15, 0.2) is 41.2 Å². The van der Waals surface area contributed by atoms with Crippen molar-refractivity contribution >= 4 is 28.3 Å². The van der Waals surface area contributed by atoms with Crippen molar-refractivity contribution in [2.24, 2.45) is 0 Å². The maximum Gasteiger partial charge on any atom is 0.263 e. The lowest BCUT2D eigenvalue weighted by molar-refractivity contribution is -0.120. The smallest absolute Gasteiger partial charge is 0.263 e. The van der Waals surface area contributed by atoms with Gasteiger partial charge in [0.2, 0.25) is 5.91 Å². The van der Waals surface area contributed by atoms with E-state index in [0.29, 0.717) is 17.4 Å². The van der Waals surface area contributed by atoms with E-state index in [-0.39, 0.29) is 17.9 Å². The Labute approximate surface area is 130 Å². The molecule has 0 aliphatic carbocycles. The van der Waals surface area contributed by atoms with Gasteiger partial charge in [0.15, 0.2) is 5.13 Å². The summed E-state index contributed by atoms with van der Waals surface area (Å²) in [5.74, 6) is -0.721. The predicted octanol–water partition coefficient (Wildman–Crippen LogP) is 0.928. The first-order valence-electron chi connectivity index (χ1n) is 6.41. The quantitative estimate of drug-likeness (QED) is 0.689. The van der Waals surface area contributed by atoms with Crippen molar-refractivity contribution < 1.29 is 9.59 Å². The van der Waals surface area contributed by atoms with Crippen LogP contribution in [0.5, 0.6) is 0 Å². The molecule has 0 unspecified atom stereocenters. The molecule has 0 atom stereocenters. The van der Waals surface area contributed by atoms with Gasteiger partial charge in [-0.3, -0.25) is 19.7 Å². The van der Waals surface area contributed by atoms with Crippen LogP contribution in [-0.2, 0) is 11.2 Å². The van der Waals surface area contributed by atoms with Crippen LogP contribution in [0.25, 0.3) is 0 Å². The largest absolute Gasteiger partial charge is 0.352 e. The molecule has 7 nitrogen and oxygen atoms in total. The highest BCUT2D eigenvalue weighted by Gasteiger charge is 2.13. The van der Waals surface area contributed by atoms with Crippen LogP contribution in [0.3, 0.4) is 0 Å². The first kappa shape index (κ1) is 15.6. The van der Waals surface area contributed by atoms with Crippen LogP contribution < -0.4 is 16.2 Å². The van der Waals surface area contributed by atoms with Gasteiger partial charge in [-0.2, -0.15) is 0 Å². The molecule has 2 heterocycles. The minimum atomic E-state index is -0.543. The molecule has 0 fully saturated rings. The molecule has 2 aromatic rings. The summed E-state index contributed by atoms with van der Waals surface area (Å²) in [6, 6.07) is 2.99. The fourth-order valence-corrected chi connectivity index (χ4v) is 2.33. The molecular weight excluding hydrogens is 304 g/mol. The average Bonchev–Trinajstić information content (AvgIpc) is 2.92. The topological polar surface area (TPSA) is 104 Å². The number of pyridine rings is 1. The van der Waals surface area contributed by atoms with E-state index in [9.17, 15) is 14.4 Å². The highest BCUT2D eigenvalue weighted by molar-refractivity contribution is 7.14. The zero-order valence-corrected chi connectivity index (χ0v) is 12.4. The Bertz CT molecular complexity index is 750. The maximum atomic E-state index is 12.0. The monoisotopic (exact) mass is 318 g/mol. The molecular formula is C14H14N4O3S. The van der Waals surface area contributed by atoms with Gasteiger partial charge in [-0.15, -0.1) is 17.9 Å². The fourth-order valence-electron chi connectivity index (χ4n) is 1.62. The molecule has 0 radical (unpaired) electrons. The zero-order chi connectivity index (χ0) is 15.9. The maximum absolute atomic E-state index is 12.0. The van der Waals surface area contributed by atoms with E-state index in [1.165, 1.54) is 23.6 Å². The number of carbonyl (C=O) groups is 2. The number of amides is 2. The number of aromatic nitrogens is 2. The summed E-state index contributed by atoms with van der Waals surface area (Å²) in [6.45, 7) is 3.90. The molecule has 2 rings (SSSR count). The molecule has 0 spiro atoms. The number of hydrogen-bond donors (Lipinski definition) is 3. The molecule has 2 aromatic heterocycles. The molecule has 22 heavy (non-hydrogen) atoms. The van der Waals surface area contributed by atoms with Crippen LogP contribution in [0.2, 0.25) is 0 Å². The van der Waals surface area contributed by atoms with E-state index in [1.807, 2.05) is 0 Å². The molecule has 0 bridgehead atoms. The summed E-state index contributed by atoms with van der Waals surface area (Å²) in [4.78, 5) is 41.6. The molecule has 2 amide bonds. The van der Waals surface area contributed by atoms with E-state index >= 15 is 0 Å². The number of aromatic amines is 1. The van der Waals surface area contributed by atoms with Gasteiger partial charge in [0.1, 0.15) is 5.56 Å². The Balaban J connectivity index is 1.99. The fraction of sp³-hybridized carbons (Fsp3) is 0.143. The minimum absolute atomic E-state index is 0.00276. The normalized spacial score (nSPS) is 10.0. The van der Waals surface area contributed by atoms with Crippen molar-refractivity contribution in [3.8, 4) is 0 Å². The van der Waals surface area contributed by atoms with E-state index in [1.54, 1.807) is 17.5 Å². The van der Waals surface area contributed by atoms with Crippen LogP contribution in [0.1, 0.15) is 16.1 Å². The van der Waals surface area contributed by atoms with Crippen molar-refractivity contribution in [2.45, 2.75) is 6.42 Å². The van der Waals surface area contributed by atoms with Gasteiger partial charge >= 0.3 is 0 Å².